The minimum Gasteiger partial charge on any atom is -0.193 e. The van der Waals surface area contributed by atoms with Gasteiger partial charge in [0, 0.05) is 0 Å². The van der Waals surface area contributed by atoms with E-state index in [1.54, 1.807) is 0 Å². The van der Waals surface area contributed by atoms with Crippen LogP contribution in [-0.4, -0.2) is 0 Å². The predicted molar refractivity (Wildman–Crippen MR) is 113 cm³/mol. The van der Waals surface area contributed by atoms with Gasteiger partial charge in [-0.25, -0.2) is 0 Å². The van der Waals surface area contributed by atoms with Crippen molar-refractivity contribution in [2.24, 2.45) is 0 Å². The summed E-state index contributed by atoms with van der Waals surface area (Å²) in [4.78, 5) is 11.5. The first-order valence-electron chi connectivity index (χ1n) is 9.60. The first-order chi connectivity index (χ1) is 14.4. The molecule has 0 N–H and O–H groups in total. The van der Waals surface area contributed by atoms with E-state index in [1.807, 2.05) is 121 Å². The van der Waals surface area contributed by atoms with Crippen LogP contribution in [0.4, 0.5) is 0 Å². The molecule has 0 spiro atoms. The Kier molecular flexibility index (Phi) is 6.45. The molecule has 0 heterocycles. The highest BCUT2D eigenvalue weighted by Gasteiger charge is 2.20. The Labute approximate surface area is 171 Å². The molecule has 0 aliphatic carbocycles. The molecule has 0 bridgehead atoms. The molecule has 0 aliphatic rings. The summed E-state index contributed by atoms with van der Waals surface area (Å²) in [5.41, 5.74) is 3.94. The Balaban J connectivity index is 1.53. The molecular weight excluding hydrogens is 360 g/mol. The fraction of sp³-hybridized carbons (Fsp3) is 0.0769. The Bertz CT molecular complexity index is 811. The van der Waals surface area contributed by atoms with E-state index in [-0.39, 0.29) is 0 Å². The second kappa shape index (κ2) is 9.80. The summed E-state index contributed by atoms with van der Waals surface area (Å²) in [6, 6.07) is 39.8. The van der Waals surface area contributed by atoms with Crippen LogP contribution in [0, 0.1) is 0 Å². The van der Waals surface area contributed by atoms with Gasteiger partial charge in [0.2, 0.25) is 0 Å². The summed E-state index contributed by atoms with van der Waals surface area (Å²) in [5, 5.41) is 5.38. The van der Waals surface area contributed by atoms with Gasteiger partial charge < -0.3 is 0 Å². The van der Waals surface area contributed by atoms with Gasteiger partial charge in [-0.15, -0.1) is 0 Å². The lowest BCUT2D eigenvalue weighted by atomic mass is 10.0. The van der Waals surface area contributed by atoms with Crippen molar-refractivity contribution in [3.63, 3.8) is 0 Å². The maximum atomic E-state index is 5.77. The average Bonchev–Trinajstić information content (AvgIpc) is 2.81. The van der Waals surface area contributed by atoms with Crippen LogP contribution < -0.4 is 0 Å². The van der Waals surface area contributed by atoms with Crippen molar-refractivity contribution in [3.05, 3.63) is 144 Å². The summed E-state index contributed by atoms with van der Waals surface area (Å²) in [5.74, 6) is 0. The van der Waals surface area contributed by atoms with Crippen molar-refractivity contribution in [1.82, 2.24) is 0 Å². The second-order valence-corrected chi connectivity index (χ2v) is 6.66. The number of rotatable bonds is 8. The van der Waals surface area contributed by atoms with Crippen molar-refractivity contribution >= 4 is 0 Å². The van der Waals surface area contributed by atoms with Crippen molar-refractivity contribution in [1.29, 1.82) is 0 Å². The van der Waals surface area contributed by atoms with Crippen molar-refractivity contribution in [2.75, 3.05) is 0 Å². The first kappa shape index (κ1) is 19.1. The highest BCUT2D eigenvalue weighted by atomic mass is 17.5. The van der Waals surface area contributed by atoms with Crippen LogP contribution in [0.3, 0.4) is 0 Å². The van der Waals surface area contributed by atoms with E-state index in [9.17, 15) is 0 Å². The summed E-state index contributed by atoms with van der Waals surface area (Å²) in [6.45, 7) is 0. The van der Waals surface area contributed by atoms with E-state index in [0.29, 0.717) is 0 Å². The zero-order chi connectivity index (χ0) is 19.7. The lowest BCUT2D eigenvalue weighted by molar-refractivity contribution is -0.536. The minimum atomic E-state index is -0.399. The summed E-state index contributed by atoms with van der Waals surface area (Å²) >= 11 is 0. The zero-order valence-corrected chi connectivity index (χ0v) is 15.9. The molecule has 0 aromatic heterocycles. The normalized spacial score (nSPS) is 11.1. The van der Waals surface area contributed by atoms with Gasteiger partial charge >= 0.3 is 0 Å². The third kappa shape index (κ3) is 4.98. The molecule has 4 aromatic carbocycles. The second-order valence-electron chi connectivity index (χ2n) is 6.66. The number of benzene rings is 4. The molecule has 144 valence electrons. The van der Waals surface area contributed by atoms with Crippen LogP contribution in [0.2, 0.25) is 0 Å². The van der Waals surface area contributed by atoms with Gasteiger partial charge in [-0.05, 0) is 22.3 Å². The maximum Gasteiger partial charge on any atom is 0.146 e. The lowest BCUT2D eigenvalue weighted by Gasteiger charge is -2.20. The van der Waals surface area contributed by atoms with Gasteiger partial charge in [0.05, 0.1) is 0 Å². The topological polar surface area (TPSA) is 27.7 Å². The molecular formula is C26H22O3. The van der Waals surface area contributed by atoms with E-state index in [2.05, 4.69) is 0 Å². The van der Waals surface area contributed by atoms with E-state index in [1.165, 1.54) is 0 Å². The Morgan fingerprint density at radius 2 is 0.586 bits per heavy atom. The molecule has 3 heteroatoms. The molecule has 4 aromatic rings. The van der Waals surface area contributed by atoms with Gasteiger partial charge in [0.1, 0.15) is 12.2 Å². The first-order valence-corrected chi connectivity index (χ1v) is 9.60. The van der Waals surface area contributed by atoms with E-state index >= 15 is 0 Å². The van der Waals surface area contributed by atoms with Crippen molar-refractivity contribution < 1.29 is 14.8 Å². The molecule has 0 aliphatic heterocycles. The maximum absolute atomic E-state index is 5.77. The van der Waals surface area contributed by atoms with Gasteiger partial charge in [-0.3, -0.25) is 0 Å². The fourth-order valence-corrected chi connectivity index (χ4v) is 3.22. The molecule has 0 unspecified atom stereocenters. The molecule has 0 saturated heterocycles. The Morgan fingerprint density at radius 1 is 0.345 bits per heavy atom. The van der Waals surface area contributed by atoms with Crippen LogP contribution in [0.25, 0.3) is 0 Å². The van der Waals surface area contributed by atoms with E-state index in [0.717, 1.165) is 22.3 Å². The van der Waals surface area contributed by atoms with Crippen molar-refractivity contribution in [3.8, 4) is 0 Å². The third-order valence-corrected chi connectivity index (χ3v) is 4.68. The molecule has 3 nitrogen and oxygen atoms in total. The van der Waals surface area contributed by atoms with Crippen LogP contribution >= 0.6 is 0 Å². The summed E-state index contributed by atoms with van der Waals surface area (Å²) < 4.78 is 0. The monoisotopic (exact) mass is 382 g/mol. The van der Waals surface area contributed by atoms with Crippen LogP contribution in [0.15, 0.2) is 121 Å². The van der Waals surface area contributed by atoms with Gasteiger partial charge in [-0.1, -0.05) is 126 Å². The third-order valence-electron chi connectivity index (χ3n) is 4.68. The molecule has 0 fully saturated rings. The molecule has 29 heavy (non-hydrogen) atoms. The number of hydrogen-bond acceptors (Lipinski definition) is 3. The molecule has 0 amide bonds. The molecule has 0 atom stereocenters. The summed E-state index contributed by atoms with van der Waals surface area (Å²) in [6.07, 6.45) is -0.797. The highest BCUT2D eigenvalue weighted by molar-refractivity contribution is 5.30. The van der Waals surface area contributed by atoms with Crippen LogP contribution in [0.1, 0.15) is 34.5 Å². The zero-order valence-electron chi connectivity index (χ0n) is 15.9. The minimum absolute atomic E-state index is 0.399. The fourth-order valence-electron chi connectivity index (χ4n) is 3.22. The molecule has 0 radical (unpaired) electrons. The van der Waals surface area contributed by atoms with Gasteiger partial charge in [0.25, 0.3) is 0 Å². The quantitative estimate of drug-likeness (QED) is 0.259. The van der Waals surface area contributed by atoms with Gasteiger partial charge in [0.15, 0.2) is 0 Å². The van der Waals surface area contributed by atoms with E-state index in [4.69, 9.17) is 14.8 Å². The highest BCUT2D eigenvalue weighted by Crippen LogP contribution is 2.30. The Morgan fingerprint density at radius 3 is 0.828 bits per heavy atom. The molecule has 4 rings (SSSR count). The lowest BCUT2D eigenvalue weighted by Crippen LogP contribution is -2.11. The predicted octanol–water partition coefficient (Wildman–Crippen LogP) is 6.45. The smallest absolute Gasteiger partial charge is 0.146 e. The van der Waals surface area contributed by atoms with E-state index < -0.39 is 12.2 Å². The van der Waals surface area contributed by atoms with Crippen molar-refractivity contribution in [2.45, 2.75) is 12.2 Å². The summed E-state index contributed by atoms with van der Waals surface area (Å²) in [7, 11) is 0. The van der Waals surface area contributed by atoms with Crippen LogP contribution in [0.5, 0.6) is 0 Å². The SMILES string of the molecule is c1ccc(C(OOOC(c2ccccc2)c2ccccc2)c2ccccc2)cc1. The Hall–Kier alpha value is -3.24. The van der Waals surface area contributed by atoms with Crippen LogP contribution in [-0.2, 0) is 14.8 Å². The standard InChI is InChI=1S/C26H22O3/c1-5-13-21(14-6-1)25(22-15-7-2-8-16-22)27-29-28-26(23-17-9-3-10-18-23)24-19-11-4-12-20-24/h1-20,25-26H. The van der Waals surface area contributed by atoms with Gasteiger partial charge in [-0.2, -0.15) is 9.78 Å². The molecule has 0 saturated carbocycles. The average molecular weight is 382 g/mol. The largest absolute Gasteiger partial charge is 0.193 e. The number of hydrogen-bond donors (Lipinski definition) is 0.